The molecule has 5 nitrogen and oxygen atoms in total. The molecule has 0 unspecified atom stereocenters. The summed E-state index contributed by atoms with van der Waals surface area (Å²) in [5.41, 5.74) is 2.86. The fourth-order valence-corrected chi connectivity index (χ4v) is 10.1. The largest absolute Gasteiger partial charge is 0.480 e. The number of carboxylic acid groups (broad SMARTS) is 1. The molecule has 0 bridgehead atoms. The molecule has 2 N–H and O–H groups in total. The molecule has 6 rings (SSSR count). The molecule has 6 fully saturated rings. The number of aliphatic hydroxyl groups excluding tert-OH is 1. The number of aliphatic hydroxyl groups is 1. The van der Waals surface area contributed by atoms with Crippen LogP contribution >= 0.6 is 0 Å². The zero-order valence-electron chi connectivity index (χ0n) is 20.6. The van der Waals surface area contributed by atoms with Gasteiger partial charge < -0.3 is 15.1 Å². The maximum absolute atomic E-state index is 11.2. The summed E-state index contributed by atoms with van der Waals surface area (Å²) >= 11 is 0. The van der Waals surface area contributed by atoms with E-state index in [2.05, 4.69) is 44.5 Å². The second-order valence-corrected chi connectivity index (χ2v) is 13.2. The van der Waals surface area contributed by atoms with Crippen LogP contribution in [-0.4, -0.2) is 71.9 Å². The Balaban J connectivity index is 0.000000132. The Hall–Kier alpha value is -0.650. The van der Waals surface area contributed by atoms with Crippen molar-refractivity contribution in [2.75, 3.05) is 33.8 Å². The minimum absolute atomic E-state index is 0.251. The van der Waals surface area contributed by atoms with Gasteiger partial charge in [-0.1, -0.05) is 40.5 Å². The standard InChI is InChI=1S/C13H21NO2.C13H23NO/c1-11(2)12(5-4-6-12)13(11)7-9(10(15)16)14(3)8-13;1-11(2)12(5-4-6-12)13(11)7-10(8-15)14(3)9-13/h9H,4-8H2,1-3H3,(H,15,16);10,15H,4-9H2,1-3H3/t9-,13+;10-,13+/m00/s1. The van der Waals surface area contributed by atoms with Gasteiger partial charge in [0.1, 0.15) is 6.04 Å². The summed E-state index contributed by atoms with van der Waals surface area (Å²) < 4.78 is 0. The lowest BCUT2D eigenvalue weighted by atomic mass is 9.73. The van der Waals surface area contributed by atoms with E-state index in [9.17, 15) is 15.0 Å². The highest BCUT2D eigenvalue weighted by atomic mass is 16.4. The van der Waals surface area contributed by atoms with E-state index in [1.165, 1.54) is 51.5 Å². The number of aliphatic carboxylic acids is 1. The molecule has 0 radical (unpaired) electrons. The molecule has 6 aliphatic rings. The molecule has 0 aromatic rings. The van der Waals surface area contributed by atoms with Crippen LogP contribution in [0.4, 0.5) is 0 Å². The lowest BCUT2D eigenvalue weighted by molar-refractivity contribution is -0.141. The van der Waals surface area contributed by atoms with Gasteiger partial charge in [-0.25, -0.2) is 0 Å². The first kappa shape index (κ1) is 22.2. The maximum Gasteiger partial charge on any atom is 0.320 e. The Kier molecular flexibility index (Phi) is 4.48. The number of hydrogen-bond donors (Lipinski definition) is 2. The normalized spacial score (nSPS) is 44.7. The molecule has 0 amide bonds. The van der Waals surface area contributed by atoms with Gasteiger partial charge in [0.05, 0.1) is 6.61 Å². The van der Waals surface area contributed by atoms with E-state index in [1.54, 1.807) is 0 Å². The van der Waals surface area contributed by atoms with Crippen molar-refractivity contribution in [3.8, 4) is 0 Å². The van der Waals surface area contributed by atoms with Gasteiger partial charge in [-0.05, 0) is 85.1 Å². The molecule has 4 saturated carbocycles. The van der Waals surface area contributed by atoms with E-state index in [1.807, 2.05) is 7.05 Å². The number of nitrogens with zero attached hydrogens (tertiary/aromatic N) is 2. The molecular weight excluding hydrogens is 388 g/mol. The number of hydrogen-bond acceptors (Lipinski definition) is 4. The average molecular weight is 433 g/mol. The number of fused-ring (bicyclic) bond motifs is 2. The molecule has 2 aliphatic heterocycles. The van der Waals surface area contributed by atoms with Crippen molar-refractivity contribution in [2.24, 2.45) is 32.5 Å². The number of likely N-dealkylation sites (tertiary alicyclic amines) is 2. The molecule has 0 aromatic heterocycles. The molecule has 4 aliphatic carbocycles. The molecule has 2 saturated heterocycles. The summed E-state index contributed by atoms with van der Waals surface area (Å²) in [6.45, 7) is 12.2. The minimum atomic E-state index is -0.642. The monoisotopic (exact) mass is 432 g/mol. The van der Waals surface area contributed by atoms with E-state index in [-0.39, 0.29) is 6.04 Å². The third-order valence-corrected chi connectivity index (χ3v) is 12.7. The predicted octanol–water partition coefficient (Wildman–Crippen LogP) is 3.85. The molecule has 4 atom stereocenters. The van der Waals surface area contributed by atoms with E-state index in [0.29, 0.717) is 45.1 Å². The van der Waals surface area contributed by atoms with Crippen LogP contribution < -0.4 is 0 Å². The van der Waals surface area contributed by atoms with Crippen molar-refractivity contribution < 1.29 is 15.0 Å². The highest BCUT2D eigenvalue weighted by Gasteiger charge is 2.85. The first-order chi connectivity index (χ1) is 14.4. The Labute approximate surface area is 188 Å². The van der Waals surface area contributed by atoms with Crippen LogP contribution in [0.25, 0.3) is 0 Å². The van der Waals surface area contributed by atoms with Crippen LogP contribution in [0.3, 0.4) is 0 Å². The van der Waals surface area contributed by atoms with Crippen molar-refractivity contribution in [2.45, 2.75) is 91.1 Å². The van der Waals surface area contributed by atoms with Crippen molar-refractivity contribution in [1.82, 2.24) is 9.80 Å². The van der Waals surface area contributed by atoms with E-state index in [0.717, 1.165) is 13.0 Å². The smallest absolute Gasteiger partial charge is 0.320 e. The SMILES string of the molecule is CN1C[C@]2(C[C@H]1C(=O)O)C(C)(C)C21CCC1.CN1C[C@]2(C[C@H]1CO)C(C)(C)C21CCC1. The first-order valence-electron chi connectivity index (χ1n) is 12.6. The average Bonchev–Trinajstić information content (AvgIpc) is 2.98. The Morgan fingerprint density at radius 1 is 0.806 bits per heavy atom. The molecule has 2 heterocycles. The van der Waals surface area contributed by atoms with E-state index < -0.39 is 5.97 Å². The quantitative estimate of drug-likeness (QED) is 0.694. The number of carboxylic acids is 1. The summed E-state index contributed by atoms with van der Waals surface area (Å²) in [5.74, 6) is -0.642. The van der Waals surface area contributed by atoms with Crippen LogP contribution in [0.1, 0.15) is 79.1 Å². The summed E-state index contributed by atoms with van der Waals surface area (Å²) in [6.07, 6.45) is 10.4. The van der Waals surface area contributed by atoms with Gasteiger partial charge in [-0.3, -0.25) is 9.69 Å². The summed E-state index contributed by atoms with van der Waals surface area (Å²) in [4.78, 5) is 15.7. The van der Waals surface area contributed by atoms with Gasteiger partial charge in [0.2, 0.25) is 0 Å². The van der Waals surface area contributed by atoms with Gasteiger partial charge in [0.25, 0.3) is 0 Å². The zero-order valence-corrected chi connectivity index (χ0v) is 20.6. The maximum atomic E-state index is 11.2. The zero-order chi connectivity index (χ0) is 22.7. The Bertz CT molecular complexity index is 784. The van der Waals surface area contributed by atoms with E-state index >= 15 is 0 Å². The van der Waals surface area contributed by atoms with Crippen molar-refractivity contribution in [1.29, 1.82) is 0 Å². The molecule has 0 aromatic carbocycles. The lowest BCUT2D eigenvalue weighted by Gasteiger charge is -2.32. The summed E-state index contributed by atoms with van der Waals surface area (Å²) in [7, 11) is 4.14. The third-order valence-electron chi connectivity index (χ3n) is 12.7. The molecular formula is C26H44N2O3. The highest BCUT2D eigenvalue weighted by Crippen LogP contribution is 2.89. The Morgan fingerprint density at radius 2 is 1.26 bits per heavy atom. The van der Waals surface area contributed by atoms with Gasteiger partial charge in [0.15, 0.2) is 0 Å². The number of likely N-dealkylation sites (N-methyl/N-ethyl adjacent to an activating group) is 2. The summed E-state index contributed by atoms with van der Waals surface area (Å²) in [6, 6.07) is 0.170. The third kappa shape index (κ3) is 2.22. The van der Waals surface area contributed by atoms with Crippen LogP contribution in [0, 0.1) is 32.5 Å². The molecule has 176 valence electrons. The van der Waals surface area contributed by atoms with Crippen molar-refractivity contribution >= 4 is 5.97 Å². The van der Waals surface area contributed by atoms with Crippen molar-refractivity contribution in [3.05, 3.63) is 0 Å². The van der Waals surface area contributed by atoms with Crippen LogP contribution in [0.5, 0.6) is 0 Å². The summed E-state index contributed by atoms with van der Waals surface area (Å²) in [5, 5.41) is 18.6. The fourth-order valence-electron chi connectivity index (χ4n) is 10.1. The second-order valence-electron chi connectivity index (χ2n) is 13.2. The minimum Gasteiger partial charge on any atom is -0.480 e. The van der Waals surface area contributed by atoms with Gasteiger partial charge in [0, 0.05) is 19.1 Å². The molecule has 5 heteroatoms. The predicted molar refractivity (Wildman–Crippen MR) is 122 cm³/mol. The first-order valence-corrected chi connectivity index (χ1v) is 12.6. The van der Waals surface area contributed by atoms with E-state index in [4.69, 9.17) is 0 Å². The topological polar surface area (TPSA) is 64.0 Å². The Morgan fingerprint density at radius 3 is 1.55 bits per heavy atom. The second kappa shape index (κ2) is 6.27. The van der Waals surface area contributed by atoms with Crippen molar-refractivity contribution in [3.63, 3.8) is 0 Å². The molecule has 31 heavy (non-hydrogen) atoms. The van der Waals surface area contributed by atoms with Crippen LogP contribution in [0.15, 0.2) is 0 Å². The fraction of sp³-hybridized carbons (Fsp3) is 0.962. The number of carbonyl (C=O) groups is 1. The van der Waals surface area contributed by atoms with Gasteiger partial charge >= 0.3 is 5.97 Å². The van der Waals surface area contributed by atoms with Crippen LogP contribution in [-0.2, 0) is 4.79 Å². The van der Waals surface area contributed by atoms with Gasteiger partial charge in [-0.2, -0.15) is 0 Å². The highest BCUT2D eigenvalue weighted by molar-refractivity contribution is 5.74. The van der Waals surface area contributed by atoms with Gasteiger partial charge in [-0.15, -0.1) is 0 Å². The molecule has 4 spiro atoms. The number of rotatable bonds is 2. The van der Waals surface area contributed by atoms with Crippen LogP contribution in [0.2, 0.25) is 0 Å². The lowest BCUT2D eigenvalue weighted by Crippen LogP contribution is -2.32.